The third-order valence-electron chi connectivity index (χ3n) is 3.13. The van der Waals surface area contributed by atoms with Gasteiger partial charge in [-0.15, -0.1) is 0 Å². The molecule has 0 fully saturated rings. The van der Waals surface area contributed by atoms with E-state index in [1.165, 1.54) is 11.3 Å². The first-order valence-corrected chi connectivity index (χ1v) is 8.24. The van der Waals surface area contributed by atoms with Gasteiger partial charge in [-0.1, -0.05) is 45.5 Å². The molecule has 1 N–H and O–H groups in total. The van der Waals surface area contributed by atoms with Crippen molar-refractivity contribution in [1.82, 2.24) is 4.98 Å². The lowest BCUT2D eigenvalue weighted by atomic mass is 10.1. The molecular formula is C16H13BrN2O2S. The number of rotatable bonds is 4. The summed E-state index contributed by atoms with van der Waals surface area (Å²) in [4.78, 5) is 16.5. The molecule has 1 amide bonds. The topological polar surface area (TPSA) is 51.2 Å². The van der Waals surface area contributed by atoms with Crippen molar-refractivity contribution in [3.63, 3.8) is 0 Å². The lowest BCUT2D eigenvalue weighted by Gasteiger charge is -2.02. The van der Waals surface area contributed by atoms with Crippen LogP contribution in [0.25, 0.3) is 10.2 Å². The summed E-state index contributed by atoms with van der Waals surface area (Å²) in [6, 6.07) is 13.4. The minimum absolute atomic E-state index is 0.0830. The van der Waals surface area contributed by atoms with Crippen LogP contribution < -0.4 is 10.1 Å². The maximum absolute atomic E-state index is 12.1. The number of aromatic nitrogens is 1. The molecule has 0 saturated carbocycles. The van der Waals surface area contributed by atoms with E-state index in [2.05, 4.69) is 26.2 Å². The summed E-state index contributed by atoms with van der Waals surface area (Å²) in [5.41, 5.74) is 1.73. The maximum atomic E-state index is 12.1. The Morgan fingerprint density at radius 3 is 2.77 bits per heavy atom. The van der Waals surface area contributed by atoms with Crippen molar-refractivity contribution in [3.8, 4) is 5.75 Å². The molecule has 4 nitrogen and oxygen atoms in total. The number of amides is 1. The number of carbonyl (C=O) groups excluding carboxylic acids is 1. The highest BCUT2D eigenvalue weighted by molar-refractivity contribution is 9.10. The van der Waals surface area contributed by atoms with Gasteiger partial charge in [-0.05, 0) is 29.8 Å². The average Bonchev–Trinajstić information content (AvgIpc) is 2.91. The van der Waals surface area contributed by atoms with Gasteiger partial charge in [0.05, 0.1) is 18.2 Å². The smallest absolute Gasteiger partial charge is 0.230 e. The van der Waals surface area contributed by atoms with E-state index >= 15 is 0 Å². The molecule has 0 radical (unpaired) electrons. The molecule has 0 saturated heterocycles. The fourth-order valence-electron chi connectivity index (χ4n) is 2.09. The number of para-hydroxylation sites is 1. The van der Waals surface area contributed by atoms with Crippen molar-refractivity contribution in [1.29, 1.82) is 0 Å². The van der Waals surface area contributed by atoms with Gasteiger partial charge in [0.1, 0.15) is 11.3 Å². The number of halogens is 1. The van der Waals surface area contributed by atoms with Gasteiger partial charge in [-0.25, -0.2) is 4.98 Å². The molecule has 3 aromatic rings. The Bertz CT molecular complexity index is 815. The number of hydrogen-bond donors (Lipinski definition) is 1. The SMILES string of the molecule is COc1cccc2sc(NC(=O)Cc3ccc(Br)cc3)nc12. The van der Waals surface area contributed by atoms with Gasteiger partial charge < -0.3 is 10.1 Å². The van der Waals surface area contributed by atoms with Crippen LogP contribution in [0.4, 0.5) is 5.13 Å². The van der Waals surface area contributed by atoms with Crippen LogP contribution in [0.2, 0.25) is 0 Å². The number of nitrogens with zero attached hydrogens (tertiary/aromatic N) is 1. The summed E-state index contributed by atoms with van der Waals surface area (Å²) in [6.07, 6.45) is 0.320. The molecule has 1 heterocycles. The summed E-state index contributed by atoms with van der Waals surface area (Å²) in [7, 11) is 1.61. The van der Waals surface area contributed by atoms with Gasteiger partial charge in [0.25, 0.3) is 0 Å². The first kappa shape index (κ1) is 15.0. The third-order valence-corrected chi connectivity index (χ3v) is 4.59. The van der Waals surface area contributed by atoms with E-state index in [0.717, 1.165) is 20.3 Å². The van der Waals surface area contributed by atoms with E-state index in [1.807, 2.05) is 42.5 Å². The van der Waals surface area contributed by atoms with Crippen LogP contribution in [0.1, 0.15) is 5.56 Å². The molecule has 2 aromatic carbocycles. The van der Waals surface area contributed by atoms with Gasteiger partial charge in [0.2, 0.25) is 5.91 Å². The molecule has 0 unspecified atom stereocenters. The zero-order chi connectivity index (χ0) is 15.5. The molecule has 0 atom stereocenters. The molecule has 0 spiro atoms. The molecular weight excluding hydrogens is 364 g/mol. The number of nitrogens with one attached hydrogen (secondary N) is 1. The Morgan fingerprint density at radius 1 is 1.27 bits per heavy atom. The van der Waals surface area contributed by atoms with Gasteiger partial charge in [0.15, 0.2) is 5.13 Å². The first-order chi connectivity index (χ1) is 10.7. The van der Waals surface area contributed by atoms with E-state index in [9.17, 15) is 4.79 Å². The highest BCUT2D eigenvalue weighted by atomic mass is 79.9. The zero-order valence-electron chi connectivity index (χ0n) is 11.8. The molecule has 1 aromatic heterocycles. The van der Waals surface area contributed by atoms with Crippen LogP contribution in [0, 0.1) is 0 Å². The maximum Gasteiger partial charge on any atom is 0.230 e. The van der Waals surface area contributed by atoms with E-state index in [0.29, 0.717) is 17.3 Å². The van der Waals surface area contributed by atoms with Crippen molar-refractivity contribution in [2.24, 2.45) is 0 Å². The Hall–Kier alpha value is -1.92. The number of carbonyl (C=O) groups is 1. The molecule has 0 aliphatic heterocycles. The molecule has 0 aliphatic carbocycles. The van der Waals surface area contributed by atoms with Gasteiger partial charge in [-0.3, -0.25) is 4.79 Å². The van der Waals surface area contributed by atoms with Gasteiger partial charge in [-0.2, -0.15) is 0 Å². The minimum Gasteiger partial charge on any atom is -0.494 e. The zero-order valence-corrected chi connectivity index (χ0v) is 14.2. The number of thiazole rings is 1. The summed E-state index contributed by atoms with van der Waals surface area (Å²) in [6.45, 7) is 0. The van der Waals surface area contributed by atoms with E-state index < -0.39 is 0 Å². The second-order valence-corrected chi connectivity index (χ2v) is 6.62. The molecule has 0 aliphatic rings. The largest absolute Gasteiger partial charge is 0.494 e. The van der Waals surface area contributed by atoms with Gasteiger partial charge >= 0.3 is 0 Å². The van der Waals surface area contributed by atoms with Crippen molar-refractivity contribution in [3.05, 3.63) is 52.5 Å². The second kappa shape index (κ2) is 6.46. The van der Waals surface area contributed by atoms with Crippen LogP contribution in [0.15, 0.2) is 46.9 Å². The predicted molar refractivity (Wildman–Crippen MR) is 92.6 cm³/mol. The normalized spacial score (nSPS) is 10.6. The van der Waals surface area contributed by atoms with Crippen molar-refractivity contribution in [2.45, 2.75) is 6.42 Å². The predicted octanol–water partition coefficient (Wildman–Crippen LogP) is 4.25. The van der Waals surface area contributed by atoms with E-state index in [1.54, 1.807) is 7.11 Å². The van der Waals surface area contributed by atoms with Crippen LogP contribution in [-0.2, 0) is 11.2 Å². The van der Waals surface area contributed by atoms with E-state index in [-0.39, 0.29) is 5.91 Å². The number of ether oxygens (including phenoxy) is 1. The number of anilines is 1. The minimum atomic E-state index is -0.0830. The summed E-state index contributed by atoms with van der Waals surface area (Å²) in [5, 5.41) is 3.43. The highest BCUT2D eigenvalue weighted by Gasteiger charge is 2.11. The van der Waals surface area contributed by atoms with Crippen LogP contribution in [0.5, 0.6) is 5.75 Å². The van der Waals surface area contributed by atoms with E-state index in [4.69, 9.17) is 4.74 Å². The number of benzene rings is 2. The summed E-state index contributed by atoms with van der Waals surface area (Å²) in [5.74, 6) is 0.627. The molecule has 0 bridgehead atoms. The van der Waals surface area contributed by atoms with Crippen LogP contribution >= 0.6 is 27.3 Å². The monoisotopic (exact) mass is 376 g/mol. The third kappa shape index (κ3) is 3.28. The van der Waals surface area contributed by atoms with Crippen LogP contribution in [-0.4, -0.2) is 18.0 Å². The average molecular weight is 377 g/mol. The standard InChI is InChI=1S/C16H13BrN2O2S/c1-21-12-3-2-4-13-15(12)19-16(22-13)18-14(20)9-10-5-7-11(17)8-6-10/h2-8H,9H2,1H3,(H,18,19,20). The molecule has 6 heteroatoms. The quantitative estimate of drug-likeness (QED) is 0.740. The lowest BCUT2D eigenvalue weighted by molar-refractivity contribution is -0.115. The Kier molecular flexibility index (Phi) is 4.40. The lowest BCUT2D eigenvalue weighted by Crippen LogP contribution is -2.14. The van der Waals surface area contributed by atoms with Gasteiger partial charge in [0, 0.05) is 4.47 Å². The molecule has 112 valence electrons. The Balaban J connectivity index is 1.75. The number of fused-ring (bicyclic) bond motifs is 1. The Morgan fingerprint density at radius 2 is 2.05 bits per heavy atom. The van der Waals surface area contributed by atoms with Crippen molar-refractivity contribution in [2.75, 3.05) is 12.4 Å². The summed E-state index contributed by atoms with van der Waals surface area (Å²) < 4.78 is 7.26. The Labute approximate surface area is 140 Å². The fraction of sp³-hybridized carbons (Fsp3) is 0.125. The molecule has 3 rings (SSSR count). The summed E-state index contributed by atoms with van der Waals surface area (Å²) >= 11 is 4.82. The number of methoxy groups -OCH3 is 1. The fourth-order valence-corrected chi connectivity index (χ4v) is 3.26. The van der Waals surface area contributed by atoms with Crippen molar-refractivity contribution >= 4 is 48.5 Å². The van der Waals surface area contributed by atoms with Crippen molar-refractivity contribution < 1.29 is 9.53 Å². The highest BCUT2D eigenvalue weighted by Crippen LogP contribution is 2.32. The van der Waals surface area contributed by atoms with Crippen LogP contribution in [0.3, 0.4) is 0 Å². The first-order valence-electron chi connectivity index (χ1n) is 6.63. The number of hydrogen-bond acceptors (Lipinski definition) is 4. The molecule has 22 heavy (non-hydrogen) atoms. The second-order valence-electron chi connectivity index (χ2n) is 4.68.